The molecule has 6 nitrogen and oxygen atoms in total. The fraction of sp³-hybridized carbons (Fsp3) is 0.290. The highest BCUT2D eigenvalue weighted by Crippen LogP contribution is 2.43. The van der Waals surface area contributed by atoms with Crippen LogP contribution in [0.4, 0.5) is 37.7 Å². The minimum Gasteiger partial charge on any atom is -0.493 e. The van der Waals surface area contributed by atoms with E-state index in [2.05, 4.69) is 4.74 Å². The van der Waals surface area contributed by atoms with Gasteiger partial charge in [-0.05, 0) is 64.4 Å². The van der Waals surface area contributed by atoms with Crippen molar-refractivity contribution in [2.24, 2.45) is 0 Å². The Morgan fingerprint density at radius 1 is 0.814 bits per heavy atom. The number of para-hydroxylation sites is 2. The van der Waals surface area contributed by atoms with Crippen LogP contribution in [0.25, 0.3) is 10.8 Å². The van der Waals surface area contributed by atoms with Crippen molar-refractivity contribution in [3.63, 3.8) is 0 Å². The molecule has 0 aromatic heterocycles. The first-order chi connectivity index (χ1) is 20.4. The van der Waals surface area contributed by atoms with Crippen LogP contribution in [0, 0.1) is 0 Å². The maximum Gasteiger partial charge on any atom is 0.573 e. The Bertz CT molecular complexity index is 1590. The summed E-state index contributed by atoms with van der Waals surface area (Å²) in [6.07, 6.45) is -12.3. The van der Waals surface area contributed by atoms with E-state index in [0.717, 1.165) is 10.8 Å². The summed E-state index contributed by atoms with van der Waals surface area (Å²) in [5.74, 6) is 0.626. The number of fused-ring (bicyclic) bond motifs is 2. The van der Waals surface area contributed by atoms with Crippen LogP contribution in [0.3, 0.4) is 0 Å². The molecule has 43 heavy (non-hydrogen) atoms. The Morgan fingerprint density at radius 2 is 1.49 bits per heavy atom. The number of β-amino-alcohol motifs (C(OH)–C–C–N with tert-alkyl or cyclic N) is 1. The summed E-state index contributed by atoms with van der Waals surface area (Å²) < 4.78 is 94.2. The SMILES string of the molecule is COc1cc2ccc(C3CN(Cc4cccc(OC(F)(F)F)c4)c4ccccc4N3C[C@@H](O)C(F)(F)F)cc2cc1OC. The number of hydrogen-bond donors (Lipinski definition) is 1. The second-order valence-corrected chi connectivity index (χ2v) is 10.1. The molecular weight excluding hydrogens is 578 g/mol. The molecule has 0 aliphatic carbocycles. The van der Waals surface area contributed by atoms with E-state index in [0.29, 0.717) is 34.0 Å². The van der Waals surface area contributed by atoms with Gasteiger partial charge in [-0.1, -0.05) is 36.4 Å². The van der Waals surface area contributed by atoms with Crippen LogP contribution < -0.4 is 24.0 Å². The summed E-state index contributed by atoms with van der Waals surface area (Å²) in [6, 6.07) is 20.7. The Kier molecular flexibility index (Phi) is 8.24. The molecule has 0 radical (unpaired) electrons. The topological polar surface area (TPSA) is 54.4 Å². The van der Waals surface area contributed by atoms with Gasteiger partial charge in [0.05, 0.1) is 38.2 Å². The van der Waals surface area contributed by atoms with Gasteiger partial charge in [-0.2, -0.15) is 13.2 Å². The van der Waals surface area contributed by atoms with E-state index in [1.807, 2.05) is 17.0 Å². The highest BCUT2D eigenvalue weighted by molar-refractivity contribution is 5.87. The van der Waals surface area contributed by atoms with Crippen molar-refractivity contribution in [2.45, 2.75) is 31.2 Å². The van der Waals surface area contributed by atoms with E-state index >= 15 is 0 Å². The van der Waals surface area contributed by atoms with Crippen molar-refractivity contribution in [2.75, 3.05) is 37.1 Å². The van der Waals surface area contributed by atoms with Crippen LogP contribution in [-0.4, -0.2) is 51.1 Å². The van der Waals surface area contributed by atoms with Crippen molar-refractivity contribution in [3.05, 3.63) is 90.0 Å². The van der Waals surface area contributed by atoms with Gasteiger partial charge in [-0.3, -0.25) is 0 Å². The van der Waals surface area contributed by atoms with Crippen molar-refractivity contribution in [1.29, 1.82) is 0 Å². The number of nitrogens with zero attached hydrogens (tertiary/aromatic N) is 2. The molecule has 1 aliphatic rings. The maximum absolute atomic E-state index is 13.6. The highest BCUT2D eigenvalue weighted by atomic mass is 19.4. The molecule has 1 unspecified atom stereocenters. The third-order valence-electron chi connectivity index (χ3n) is 7.31. The number of hydrogen-bond acceptors (Lipinski definition) is 6. The number of aliphatic hydroxyl groups excluding tert-OH is 1. The fourth-order valence-corrected chi connectivity index (χ4v) is 5.36. The third kappa shape index (κ3) is 6.69. The molecular formula is C31H28F6N2O4. The lowest BCUT2D eigenvalue weighted by molar-refractivity contribution is -0.274. The molecule has 228 valence electrons. The zero-order valence-electron chi connectivity index (χ0n) is 23.1. The zero-order valence-corrected chi connectivity index (χ0v) is 23.1. The minimum atomic E-state index is -4.86. The van der Waals surface area contributed by atoms with E-state index in [1.165, 1.54) is 37.3 Å². The van der Waals surface area contributed by atoms with Gasteiger partial charge in [0, 0.05) is 13.1 Å². The number of aliphatic hydroxyl groups is 1. The van der Waals surface area contributed by atoms with Crippen LogP contribution in [0.15, 0.2) is 78.9 Å². The molecule has 0 spiro atoms. The Labute approximate surface area is 243 Å². The molecule has 5 rings (SSSR count). The summed E-state index contributed by atoms with van der Waals surface area (Å²) in [4.78, 5) is 3.41. The number of alkyl halides is 6. The van der Waals surface area contributed by atoms with Crippen molar-refractivity contribution in [1.82, 2.24) is 0 Å². The second-order valence-electron chi connectivity index (χ2n) is 10.1. The quantitative estimate of drug-likeness (QED) is 0.214. The van der Waals surface area contributed by atoms with Crippen LogP contribution in [0.2, 0.25) is 0 Å². The van der Waals surface area contributed by atoms with Crippen LogP contribution in [0.1, 0.15) is 17.2 Å². The summed E-state index contributed by atoms with van der Waals surface area (Å²) >= 11 is 0. The Hall–Kier alpha value is -4.32. The van der Waals surface area contributed by atoms with E-state index in [-0.39, 0.29) is 18.8 Å². The number of methoxy groups -OCH3 is 2. The summed E-state index contributed by atoms with van der Waals surface area (Å²) in [5.41, 5.74) is 2.19. The highest BCUT2D eigenvalue weighted by Gasteiger charge is 2.42. The molecule has 1 N–H and O–H groups in total. The fourth-order valence-electron chi connectivity index (χ4n) is 5.36. The van der Waals surface area contributed by atoms with E-state index in [1.54, 1.807) is 48.5 Å². The molecule has 0 fully saturated rings. The Balaban J connectivity index is 1.58. The largest absolute Gasteiger partial charge is 0.573 e. The van der Waals surface area contributed by atoms with Crippen LogP contribution in [-0.2, 0) is 6.54 Å². The first kappa shape index (κ1) is 30.1. The van der Waals surface area contributed by atoms with Gasteiger partial charge in [0.1, 0.15) is 5.75 Å². The van der Waals surface area contributed by atoms with Crippen molar-refractivity contribution < 1.29 is 45.7 Å². The monoisotopic (exact) mass is 606 g/mol. The molecule has 1 heterocycles. The number of rotatable bonds is 8. The maximum atomic E-state index is 13.6. The number of ether oxygens (including phenoxy) is 3. The van der Waals surface area contributed by atoms with Gasteiger partial charge in [0.25, 0.3) is 0 Å². The molecule has 0 amide bonds. The smallest absolute Gasteiger partial charge is 0.493 e. The standard InChI is InChI=1S/C31H28F6N2O4/c1-41-27-14-20-10-11-21(13-22(20)15-28(27)42-2)26-17-38(16-19-6-5-7-23(12-19)43-31(35,36)37)24-8-3-4-9-25(24)39(26)18-29(40)30(32,33)34/h3-15,26,29,40H,16-18H2,1-2H3/t26?,29-/m1/s1. The first-order valence-electron chi connectivity index (χ1n) is 13.2. The van der Waals surface area contributed by atoms with Gasteiger partial charge in [0.2, 0.25) is 0 Å². The molecule has 0 saturated carbocycles. The molecule has 0 saturated heterocycles. The first-order valence-corrected chi connectivity index (χ1v) is 13.2. The summed E-state index contributed by atoms with van der Waals surface area (Å²) in [7, 11) is 3.01. The van der Waals surface area contributed by atoms with Gasteiger partial charge in [-0.15, -0.1) is 13.2 Å². The molecule has 1 aliphatic heterocycles. The third-order valence-corrected chi connectivity index (χ3v) is 7.31. The molecule has 4 aromatic rings. The summed E-state index contributed by atoms with van der Waals surface area (Å²) in [6.45, 7) is -0.403. The lowest BCUT2D eigenvalue weighted by Crippen LogP contribution is -2.49. The second kappa shape index (κ2) is 11.8. The molecule has 2 atom stereocenters. The van der Waals surface area contributed by atoms with E-state index in [4.69, 9.17) is 9.47 Å². The Morgan fingerprint density at radius 3 is 2.14 bits per heavy atom. The van der Waals surface area contributed by atoms with Crippen molar-refractivity contribution >= 4 is 22.1 Å². The molecule has 4 aromatic carbocycles. The van der Waals surface area contributed by atoms with Crippen LogP contribution in [0.5, 0.6) is 17.2 Å². The van der Waals surface area contributed by atoms with E-state index < -0.39 is 31.2 Å². The van der Waals surface area contributed by atoms with Crippen LogP contribution >= 0.6 is 0 Å². The minimum absolute atomic E-state index is 0.150. The predicted octanol–water partition coefficient (Wildman–Crippen LogP) is 7.25. The zero-order chi connectivity index (χ0) is 30.9. The lowest BCUT2D eigenvalue weighted by atomic mass is 9.95. The van der Waals surface area contributed by atoms with Gasteiger partial charge in [-0.25, -0.2) is 0 Å². The normalized spacial score (nSPS) is 16.2. The average Bonchev–Trinajstić information content (AvgIpc) is 2.96. The van der Waals surface area contributed by atoms with Gasteiger partial charge >= 0.3 is 12.5 Å². The summed E-state index contributed by atoms with van der Waals surface area (Å²) in [5, 5.41) is 11.7. The molecule has 0 bridgehead atoms. The number of anilines is 2. The molecule has 12 heteroatoms. The lowest BCUT2D eigenvalue weighted by Gasteiger charge is -2.46. The van der Waals surface area contributed by atoms with Gasteiger partial charge in [0.15, 0.2) is 17.6 Å². The predicted molar refractivity (Wildman–Crippen MR) is 150 cm³/mol. The number of benzene rings is 4. The van der Waals surface area contributed by atoms with Crippen molar-refractivity contribution in [3.8, 4) is 17.2 Å². The van der Waals surface area contributed by atoms with Gasteiger partial charge < -0.3 is 29.1 Å². The number of halogens is 6. The average molecular weight is 607 g/mol. The van der Waals surface area contributed by atoms with E-state index in [9.17, 15) is 31.4 Å².